The Hall–Kier alpha value is -0.790. The van der Waals surface area contributed by atoms with Crippen LogP contribution >= 0.6 is 0 Å². The standard InChI is InChI=1S/C10H17NO/c1-3-4-5-6-10-9(2)11-7-8-12-10/h7-8,10H,3-6H2,1-2H3. The summed E-state index contributed by atoms with van der Waals surface area (Å²) in [5.41, 5.74) is 1.11. The lowest BCUT2D eigenvalue weighted by Gasteiger charge is -2.18. The van der Waals surface area contributed by atoms with E-state index >= 15 is 0 Å². The van der Waals surface area contributed by atoms with Crippen LogP contribution in [0.2, 0.25) is 0 Å². The van der Waals surface area contributed by atoms with Gasteiger partial charge in [-0.15, -0.1) is 0 Å². The Bertz CT molecular complexity index is 184. The van der Waals surface area contributed by atoms with E-state index < -0.39 is 0 Å². The van der Waals surface area contributed by atoms with E-state index in [0.717, 1.165) is 12.1 Å². The molecule has 68 valence electrons. The SMILES string of the molecule is CCCCCC1OC=CN=C1C. The lowest BCUT2D eigenvalue weighted by molar-refractivity contribution is 0.185. The van der Waals surface area contributed by atoms with Crippen molar-refractivity contribution in [3.63, 3.8) is 0 Å². The van der Waals surface area contributed by atoms with Gasteiger partial charge in [-0.1, -0.05) is 19.8 Å². The van der Waals surface area contributed by atoms with Gasteiger partial charge in [0.05, 0.1) is 11.9 Å². The third-order valence-electron chi connectivity index (χ3n) is 2.12. The maximum Gasteiger partial charge on any atom is 0.136 e. The molecule has 0 amide bonds. The molecule has 0 N–H and O–H groups in total. The lowest BCUT2D eigenvalue weighted by atomic mass is 10.1. The minimum atomic E-state index is 0.238. The lowest BCUT2D eigenvalue weighted by Crippen LogP contribution is -2.21. The molecule has 0 fully saturated rings. The fourth-order valence-electron chi connectivity index (χ4n) is 1.32. The molecule has 2 heteroatoms. The van der Waals surface area contributed by atoms with Crippen molar-refractivity contribution >= 4 is 5.71 Å². The summed E-state index contributed by atoms with van der Waals surface area (Å²) in [7, 11) is 0. The molecule has 0 aromatic rings. The fourth-order valence-corrected chi connectivity index (χ4v) is 1.32. The van der Waals surface area contributed by atoms with Gasteiger partial charge in [-0.25, -0.2) is 0 Å². The van der Waals surface area contributed by atoms with E-state index in [0.29, 0.717) is 0 Å². The van der Waals surface area contributed by atoms with E-state index in [9.17, 15) is 0 Å². The van der Waals surface area contributed by atoms with Gasteiger partial charge in [-0.05, 0) is 19.8 Å². The van der Waals surface area contributed by atoms with E-state index in [2.05, 4.69) is 11.9 Å². The van der Waals surface area contributed by atoms with E-state index in [1.165, 1.54) is 19.3 Å². The van der Waals surface area contributed by atoms with Crippen LogP contribution in [-0.4, -0.2) is 11.8 Å². The molecule has 1 aliphatic heterocycles. The number of hydrogen-bond acceptors (Lipinski definition) is 2. The highest BCUT2D eigenvalue weighted by molar-refractivity contribution is 5.87. The van der Waals surface area contributed by atoms with Gasteiger partial charge < -0.3 is 4.74 Å². The van der Waals surface area contributed by atoms with Gasteiger partial charge >= 0.3 is 0 Å². The first-order valence-electron chi connectivity index (χ1n) is 4.69. The van der Waals surface area contributed by atoms with Crippen LogP contribution in [0.3, 0.4) is 0 Å². The van der Waals surface area contributed by atoms with Crippen LogP contribution < -0.4 is 0 Å². The molecule has 0 bridgehead atoms. The minimum Gasteiger partial charge on any atom is -0.490 e. The average Bonchev–Trinajstić information content (AvgIpc) is 2.09. The second-order valence-electron chi connectivity index (χ2n) is 3.18. The normalized spacial score (nSPS) is 21.8. The predicted octanol–water partition coefficient (Wildman–Crippen LogP) is 2.90. The van der Waals surface area contributed by atoms with Gasteiger partial charge in [0.25, 0.3) is 0 Å². The zero-order valence-electron chi connectivity index (χ0n) is 7.92. The fraction of sp³-hybridized carbons (Fsp3) is 0.700. The van der Waals surface area contributed by atoms with Crippen molar-refractivity contribution in [3.05, 3.63) is 12.5 Å². The Labute approximate surface area is 74.3 Å². The molecule has 1 unspecified atom stereocenters. The first-order chi connectivity index (χ1) is 5.84. The van der Waals surface area contributed by atoms with Gasteiger partial charge in [0.1, 0.15) is 12.4 Å². The summed E-state index contributed by atoms with van der Waals surface area (Å²) in [6.07, 6.45) is 8.53. The van der Waals surface area contributed by atoms with Crippen LogP contribution in [0.1, 0.15) is 39.5 Å². The summed E-state index contributed by atoms with van der Waals surface area (Å²) in [4.78, 5) is 4.20. The molecule has 0 saturated heterocycles. The molecular formula is C10H17NO. The topological polar surface area (TPSA) is 21.6 Å². The molecule has 0 saturated carbocycles. The molecule has 0 aliphatic carbocycles. The van der Waals surface area contributed by atoms with Crippen LogP contribution in [0.5, 0.6) is 0 Å². The largest absolute Gasteiger partial charge is 0.490 e. The molecule has 0 radical (unpaired) electrons. The van der Waals surface area contributed by atoms with Gasteiger partial charge in [0, 0.05) is 0 Å². The molecule has 1 atom stereocenters. The highest BCUT2D eigenvalue weighted by Gasteiger charge is 2.13. The zero-order chi connectivity index (χ0) is 8.81. The number of rotatable bonds is 4. The summed E-state index contributed by atoms with van der Waals surface area (Å²) in [6.45, 7) is 4.24. The molecule has 2 nitrogen and oxygen atoms in total. The van der Waals surface area contributed by atoms with Crippen molar-refractivity contribution in [2.75, 3.05) is 0 Å². The third-order valence-corrected chi connectivity index (χ3v) is 2.12. The van der Waals surface area contributed by atoms with Crippen LogP contribution in [0.25, 0.3) is 0 Å². The smallest absolute Gasteiger partial charge is 0.136 e. The van der Waals surface area contributed by atoms with Gasteiger partial charge in [0.2, 0.25) is 0 Å². The average molecular weight is 167 g/mol. The van der Waals surface area contributed by atoms with E-state index in [4.69, 9.17) is 4.74 Å². The maximum absolute atomic E-state index is 5.43. The second kappa shape index (κ2) is 4.96. The van der Waals surface area contributed by atoms with Crippen molar-refractivity contribution in [3.8, 4) is 0 Å². The summed E-state index contributed by atoms with van der Waals surface area (Å²) in [5, 5.41) is 0. The van der Waals surface area contributed by atoms with Gasteiger partial charge in [0.15, 0.2) is 0 Å². The summed E-state index contributed by atoms with van der Waals surface area (Å²) < 4.78 is 5.43. The van der Waals surface area contributed by atoms with Crippen molar-refractivity contribution in [2.45, 2.75) is 45.6 Å². The Kier molecular flexibility index (Phi) is 3.85. The Morgan fingerprint density at radius 3 is 3.00 bits per heavy atom. The summed E-state index contributed by atoms with van der Waals surface area (Å²) >= 11 is 0. The van der Waals surface area contributed by atoms with Crippen LogP contribution in [0, 0.1) is 0 Å². The number of unbranched alkanes of at least 4 members (excludes halogenated alkanes) is 2. The van der Waals surface area contributed by atoms with Crippen molar-refractivity contribution in [2.24, 2.45) is 4.99 Å². The van der Waals surface area contributed by atoms with E-state index in [-0.39, 0.29) is 6.10 Å². The van der Waals surface area contributed by atoms with Crippen LogP contribution in [0.4, 0.5) is 0 Å². The summed E-state index contributed by atoms with van der Waals surface area (Å²) in [5.74, 6) is 0. The van der Waals surface area contributed by atoms with E-state index in [1.807, 2.05) is 6.92 Å². The second-order valence-corrected chi connectivity index (χ2v) is 3.18. The van der Waals surface area contributed by atoms with Crippen molar-refractivity contribution < 1.29 is 4.74 Å². The monoisotopic (exact) mass is 167 g/mol. The molecule has 1 heterocycles. The zero-order valence-corrected chi connectivity index (χ0v) is 7.92. The third kappa shape index (κ3) is 2.68. The Morgan fingerprint density at radius 2 is 2.33 bits per heavy atom. The number of hydrogen-bond donors (Lipinski definition) is 0. The van der Waals surface area contributed by atoms with Gasteiger partial charge in [-0.2, -0.15) is 0 Å². The Balaban J connectivity index is 2.24. The number of nitrogens with zero attached hydrogens (tertiary/aromatic N) is 1. The minimum absolute atomic E-state index is 0.238. The van der Waals surface area contributed by atoms with Crippen molar-refractivity contribution in [1.82, 2.24) is 0 Å². The van der Waals surface area contributed by atoms with E-state index in [1.54, 1.807) is 12.5 Å². The highest BCUT2D eigenvalue weighted by Crippen LogP contribution is 2.11. The highest BCUT2D eigenvalue weighted by atomic mass is 16.5. The van der Waals surface area contributed by atoms with Crippen LogP contribution in [0.15, 0.2) is 17.5 Å². The number of ether oxygens (including phenoxy) is 1. The quantitative estimate of drug-likeness (QED) is 0.590. The molecule has 12 heavy (non-hydrogen) atoms. The molecular weight excluding hydrogens is 150 g/mol. The predicted molar refractivity (Wildman–Crippen MR) is 51.3 cm³/mol. The maximum atomic E-state index is 5.43. The summed E-state index contributed by atoms with van der Waals surface area (Å²) in [6, 6.07) is 0. The van der Waals surface area contributed by atoms with Crippen molar-refractivity contribution in [1.29, 1.82) is 0 Å². The molecule has 0 spiro atoms. The first kappa shape index (κ1) is 9.30. The number of aliphatic imine (C=N–C) groups is 1. The Morgan fingerprint density at radius 1 is 1.50 bits per heavy atom. The van der Waals surface area contributed by atoms with Gasteiger partial charge in [-0.3, -0.25) is 4.99 Å². The molecule has 1 aliphatic rings. The molecule has 0 aromatic carbocycles. The molecule has 0 aromatic heterocycles. The first-order valence-corrected chi connectivity index (χ1v) is 4.69. The van der Waals surface area contributed by atoms with Crippen LogP contribution in [-0.2, 0) is 4.74 Å². The molecule has 1 rings (SSSR count).